The SMILES string of the molecule is CCN(Cc1ccccc1NC(=O)c1cc(OC)c(C)c(OC)c1)C(=O)OC(C)(C)C. The zero-order chi connectivity index (χ0) is 23.2. The van der Waals surface area contributed by atoms with Gasteiger partial charge in [-0.25, -0.2) is 4.79 Å². The highest BCUT2D eigenvalue weighted by Gasteiger charge is 2.22. The molecule has 0 aliphatic heterocycles. The summed E-state index contributed by atoms with van der Waals surface area (Å²) in [6.07, 6.45) is -0.399. The molecule has 2 aromatic carbocycles. The molecule has 0 aromatic heterocycles. The number of rotatable bonds is 7. The topological polar surface area (TPSA) is 77.1 Å². The highest BCUT2D eigenvalue weighted by Crippen LogP contribution is 2.30. The number of nitrogens with one attached hydrogen (secondary N) is 1. The molecule has 0 aliphatic carbocycles. The first kappa shape index (κ1) is 24.1. The summed E-state index contributed by atoms with van der Waals surface area (Å²) in [5.74, 6) is 0.837. The van der Waals surface area contributed by atoms with E-state index in [0.717, 1.165) is 11.1 Å². The molecule has 2 amide bonds. The van der Waals surface area contributed by atoms with Crippen molar-refractivity contribution in [2.24, 2.45) is 0 Å². The second kappa shape index (κ2) is 10.2. The quantitative estimate of drug-likeness (QED) is 0.670. The van der Waals surface area contributed by atoms with Crippen LogP contribution in [0, 0.1) is 6.92 Å². The lowest BCUT2D eigenvalue weighted by Gasteiger charge is -2.27. The highest BCUT2D eigenvalue weighted by molar-refractivity contribution is 6.05. The lowest BCUT2D eigenvalue weighted by atomic mass is 10.1. The molecule has 7 heteroatoms. The van der Waals surface area contributed by atoms with Crippen molar-refractivity contribution in [2.45, 2.75) is 46.8 Å². The molecule has 0 aliphatic rings. The number of ether oxygens (including phenoxy) is 3. The number of anilines is 1. The molecule has 0 saturated carbocycles. The molecule has 0 fully saturated rings. The van der Waals surface area contributed by atoms with Gasteiger partial charge in [0.1, 0.15) is 17.1 Å². The summed E-state index contributed by atoms with van der Waals surface area (Å²) in [6, 6.07) is 10.7. The van der Waals surface area contributed by atoms with Crippen LogP contribution in [0.15, 0.2) is 36.4 Å². The molecular weight excluding hydrogens is 396 g/mol. The third-order valence-electron chi connectivity index (χ3n) is 4.67. The summed E-state index contributed by atoms with van der Waals surface area (Å²) in [5.41, 5.74) is 2.07. The van der Waals surface area contributed by atoms with Crippen molar-refractivity contribution in [3.63, 3.8) is 0 Å². The standard InChI is InChI=1S/C24H32N2O5/c1-8-26(23(28)31-24(3,4)5)15-17-11-9-10-12-19(17)25-22(27)18-13-20(29-6)16(2)21(14-18)30-7/h9-14H,8,15H2,1-7H3,(H,25,27). The Morgan fingerprint density at radius 3 is 2.13 bits per heavy atom. The van der Waals surface area contributed by atoms with Gasteiger partial charge in [-0.15, -0.1) is 0 Å². The number of hydrogen-bond acceptors (Lipinski definition) is 5. The summed E-state index contributed by atoms with van der Waals surface area (Å²) in [7, 11) is 3.10. The van der Waals surface area contributed by atoms with Crippen molar-refractivity contribution in [2.75, 3.05) is 26.1 Å². The van der Waals surface area contributed by atoms with Crippen molar-refractivity contribution in [3.8, 4) is 11.5 Å². The molecule has 31 heavy (non-hydrogen) atoms. The van der Waals surface area contributed by atoms with Gasteiger partial charge in [-0.05, 0) is 58.4 Å². The Morgan fingerprint density at radius 2 is 1.61 bits per heavy atom. The Balaban J connectivity index is 2.26. The van der Waals surface area contributed by atoms with Crippen LogP contribution in [0.1, 0.15) is 49.2 Å². The Labute approximate surface area is 184 Å². The van der Waals surface area contributed by atoms with Gasteiger partial charge in [0, 0.05) is 23.4 Å². The summed E-state index contributed by atoms with van der Waals surface area (Å²) in [4.78, 5) is 27.1. The van der Waals surface area contributed by atoms with Gasteiger partial charge in [0.2, 0.25) is 0 Å². The van der Waals surface area contributed by atoms with Gasteiger partial charge in [0.15, 0.2) is 0 Å². The largest absolute Gasteiger partial charge is 0.496 e. The molecule has 2 rings (SSSR count). The predicted octanol–water partition coefficient (Wildman–Crippen LogP) is 5.02. The fourth-order valence-electron chi connectivity index (χ4n) is 3.03. The average Bonchev–Trinajstić information content (AvgIpc) is 2.71. The van der Waals surface area contributed by atoms with Crippen LogP contribution in [0.4, 0.5) is 10.5 Å². The van der Waals surface area contributed by atoms with Crippen molar-refractivity contribution < 1.29 is 23.8 Å². The maximum Gasteiger partial charge on any atom is 0.410 e. The zero-order valence-electron chi connectivity index (χ0n) is 19.4. The van der Waals surface area contributed by atoms with Crippen LogP contribution >= 0.6 is 0 Å². The van der Waals surface area contributed by atoms with E-state index in [1.54, 1.807) is 37.3 Å². The first-order valence-electron chi connectivity index (χ1n) is 10.2. The van der Waals surface area contributed by atoms with E-state index in [1.807, 2.05) is 52.8 Å². The third-order valence-corrected chi connectivity index (χ3v) is 4.67. The van der Waals surface area contributed by atoms with Crippen molar-refractivity contribution in [1.82, 2.24) is 4.90 Å². The first-order valence-corrected chi connectivity index (χ1v) is 10.2. The number of methoxy groups -OCH3 is 2. The normalized spacial score (nSPS) is 10.9. The van der Waals surface area contributed by atoms with E-state index in [4.69, 9.17) is 14.2 Å². The highest BCUT2D eigenvalue weighted by atomic mass is 16.6. The lowest BCUT2D eigenvalue weighted by molar-refractivity contribution is 0.0245. The summed E-state index contributed by atoms with van der Waals surface area (Å²) >= 11 is 0. The number of carbonyl (C=O) groups is 2. The Morgan fingerprint density at radius 1 is 1.03 bits per heavy atom. The lowest BCUT2D eigenvalue weighted by Crippen LogP contribution is -2.36. The van der Waals surface area contributed by atoms with Crippen molar-refractivity contribution in [1.29, 1.82) is 0 Å². The van der Waals surface area contributed by atoms with Crippen LogP contribution in [0.3, 0.4) is 0 Å². The summed E-state index contributed by atoms with van der Waals surface area (Å²) in [6.45, 7) is 10.0. The van der Waals surface area contributed by atoms with Gasteiger partial charge in [-0.1, -0.05) is 18.2 Å². The van der Waals surface area contributed by atoms with E-state index >= 15 is 0 Å². The number of amides is 2. The zero-order valence-corrected chi connectivity index (χ0v) is 19.4. The van der Waals surface area contributed by atoms with Crippen LogP contribution in [0.25, 0.3) is 0 Å². The van der Waals surface area contributed by atoms with E-state index in [0.29, 0.717) is 35.8 Å². The predicted molar refractivity (Wildman–Crippen MR) is 121 cm³/mol. The third kappa shape index (κ3) is 6.38. The van der Waals surface area contributed by atoms with Crippen LogP contribution in [0.2, 0.25) is 0 Å². The minimum absolute atomic E-state index is 0.302. The Kier molecular flexibility index (Phi) is 7.91. The summed E-state index contributed by atoms with van der Waals surface area (Å²) < 4.78 is 16.2. The molecule has 0 unspecified atom stereocenters. The number of carbonyl (C=O) groups excluding carboxylic acids is 2. The molecule has 0 heterocycles. The molecular formula is C24H32N2O5. The average molecular weight is 429 g/mol. The summed E-state index contributed by atoms with van der Waals surface area (Å²) in [5, 5.41) is 2.94. The van der Waals surface area contributed by atoms with Gasteiger partial charge < -0.3 is 24.4 Å². The molecule has 0 spiro atoms. The number of hydrogen-bond donors (Lipinski definition) is 1. The maximum absolute atomic E-state index is 13.0. The van der Waals surface area contributed by atoms with Crippen LogP contribution < -0.4 is 14.8 Å². The van der Waals surface area contributed by atoms with E-state index in [1.165, 1.54) is 0 Å². The monoisotopic (exact) mass is 428 g/mol. The fourth-order valence-corrected chi connectivity index (χ4v) is 3.03. The van der Waals surface area contributed by atoms with E-state index in [9.17, 15) is 9.59 Å². The van der Waals surface area contributed by atoms with Crippen LogP contribution in [-0.4, -0.2) is 43.3 Å². The van der Waals surface area contributed by atoms with Crippen molar-refractivity contribution >= 4 is 17.7 Å². The van der Waals surface area contributed by atoms with Crippen LogP contribution in [-0.2, 0) is 11.3 Å². The second-order valence-electron chi connectivity index (χ2n) is 8.11. The molecule has 0 saturated heterocycles. The van der Waals surface area contributed by atoms with Gasteiger partial charge in [-0.3, -0.25) is 4.79 Å². The van der Waals surface area contributed by atoms with E-state index < -0.39 is 11.7 Å². The number of nitrogens with zero attached hydrogens (tertiary/aromatic N) is 1. The van der Waals surface area contributed by atoms with Crippen LogP contribution in [0.5, 0.6) is 11.5 Å². The van der Waals surface area contributed by atoms with E-state index in [-0.39, 0.29) is 5.91 Å². The number of para-hydroxylation sites is 1. The minimum atomic E-state index is -0.582. The molecule has 168 valence electrons. The van der Waals surface area contributed by atoms with Gasteiger partial charge in [0.25, 0.3) is 5.91 Å². The number of benzene rings is 2. The maximum atomic E-state index is 13.0. The van der Waals surface area contributed by atoms with Gasteiger partial charge >= 0.3 is 6.09 Å². The molecule has 0 atom stereocenters. The smallest absolute Gasteiger partial charge is 0.410 e. The Bertz CT molecular complexity index is 909. The Hall–Kier alpha value is -3.22. The first-order chi connectivity index (χ1) is 14.6. The van der Waals surface area contributed by atoms with Gasteiger partial charge in [0.05, 0.1) is 20.8 Å². The second-order valence-corrected chi connectivity index (χ2v) is 8.11. The molecule has 0 bridgehead atoms. The molecule has 7 nitrogen and oxygen atoms in total. The molecule has 0 radical (unpaired) electrons. The van der Waals surface area contributed by atoms with E-state index in [2.05, 4.69) is 5.32 Å². The van der Waals surface area contributed by atoms with Gasteiger partial charge in [-0.2, -0.15) is 0 Å². The fraction of sp³-hybridized carbons (Fsp3) is 0.417. The molecule has 1 N–H and O–H groups in total. The molecule has 2 aromatic rings. The van der Waals surface area contributed by atoms with Crippen molar-refractivity contribution in [3.05, 3.63) is 53.1 Å². The minimum Gasteiger partial charge on any atom is -0.496 e.